The molecule has 0 spiro atoms. The van der Waals surface area contributed by atoms with E-state index in [4.69, 9.17) is 0 Å². The van der Waals surface area contributed by atoms with Crippen molar-refractivity contribution in [3.8, 4) is 0 Å². The number of amides is 1. The summed E-state index contributed by atoms with van der Waals surface area (Å²) in [5, 5.41) is 0.763. The first-order valence-corrected chi connectivity index (χ1v) is 9.87. The van der Waals surface area contributed by atoms with E-state index in [1.54, 1.807) is 7.05 Å². The Kier molecular flexibility index (Phi) is 5.01. The van der Waals surface area contributed by atoms with Gasteiger partial charge in [0.05, 0.1) is 21.7 Å². The van der Waals surface area contributed by atoms with Crippen LogP contribution in [0.4, 0.5) is 8.78 Å². The van der Waals surface area contributed by atoms with E-state index in [-0.39, 0.29) is 18.0 Å². The zero-order valence-electron chi connectivity index (χ0n) is 13.6. The average molecular weight is 396 g/mol. The van der Waals surface area contributed by atoms with E-state index in [2.05, 4.69) is 4.98 Å². The molecule has 136 valence electrons. The number of hydrogen-bond acceptors (Lipinski definition) is 5. The summed E-state index contributed by atoms with van der Waals surface area (Å²) in [6.07, 6.45) is 0. The van der Waals surface area contributed by atoms with Gasteiger partial charge in [0.2, 0.25) is 9.84 Å². The monoisotopic (exact) mass is 396 g/mol. The normalized spacial score (nSPS) is 11.8. The van der Waals surface area contributed by atoms with Gasteiger partial charge in [-0.1, -0.05) is 12.1 Å². The zero-order chi connectivity index (χ0) is 18.9. The van der Waals surface area contributed by atoms with Crippen LogP contribution in [-0.2, 0) is 16.4 Å². The molecule has 0 unspecified atom stereocenters. The fraction of sp³-hybridized carbons (Fsp3) is 0.176. The standard InChI is InChI=1S/C17H14F2N2O3S2/c1-21(10-15-20-13-4-2-3-5-14(13)25-15)16(22)11-6-8-12(9-7-11)26(23,24)17(18)19/h2-9,17H,10H2,1H3. The third-order valence-corrected chi connectivity index (χ3v) is 6.14. The van der Waals surface area contributed by atoms with Gasteiger partial charge in [0.25, 0.3) is 5.91 Å². The van der Waals surface area contributed by atoms with Crippen molar-refractivity contribution in [2.75, 3.05) is 7.05 Å². The molecule has 2 aromatic carbocycles. The summed E-state index contributed by atoms with van der Waals surface area (Å²) in [6, 6.07) is 12.1. The van der Waals surface area contributed by atoms with Crippen LogP contribution in [0.5, 0.6) is 0 Å². The minimum absolute atomic E-state index is 0.210. The van der Waals surface area contributed by atoms with Crippen LogP contribution < -0.4 is 0 Å². The molecule has 1 heterocycles. The number of sulfone groups is 1. The van der Waals surface area contributed by atoms with E-state index >= 15 is 0 Å². The second-order valence-electron chi connectivity index (χ2n) is 5.57. The quantitative estimate of drug-likeness (QED) is 0.661. The summed E-state index contributed by atoms with van der Waals surface area (Å²) in [7, 11) is -3.07. The van der Waals surface area contributed by atoms with E-state index in [1.807, 2.05) is 24.3 Å². The highest BCUT2D eigenvalue weighted by molar-refractivity contribution is 7.91. The van der Waals surface area contributed by atoms with E-state index in [0.717, 1.165) is 27.4 Å². The van der Waals surface area contributed by atoms with Crippen LogP contribution in [0.1, 0.15) is 15.4 Å². The van der Waals surface area contributed by atoms with Gasteiger partial charge in [0, 0.05) is 12.6 Å². The first-order valence-electron chi connectivity index (χ1n) is 7.51. The fourth-order valence-electron chi connectivity index (χ4n) is 2.37. The molecule has 5 nitrogen and oxygen atoms in total. The molecule has 0 radical (unpaired) electrons. The molecule has 3 rings (SSSR count). The molecular weight excluding hydrogens is 382 g/mol. The number of carbonyl (C=O) groups is 1. The summed E-state index contributed by atoms with van der Waals surface area (Å²) in [6.45, 7) is 0.287. The number of alkyl halides is 2. The van der Waals surface area contributed by atoms with Crippen LogP contribution in [0.2, 0.25) is 0 Å². The SMILES string of the molecule is CN(Cc1nc2ccccc2s1)C(=O)c1ccc(S(=O)(=O)C(F)F)cc1. The lowest BCUT2D eigenvalue weighted by atomic mass is 10.2. The van der Waals surface area contributed by atoms with Gasteiger partial charge >= 0.3 is 5.76 Å². The molecule has 0 aliphatic carbocycles. The van der Waals surface area contributed by atoms with E-state index in [0.29, 0.717) is 0 Å². The van der Waals surface area contributed by atoms with Crippen LogP contribution in [0.15, 0.2) is 53.4 Å². The Hall–Kier alpha value is -2.39. The lowest BCUT2D eigenvalue weighted by molar-refractivity contribution is 0.0785. The predicted octanol–water partition coefficient (Wildman–Crippen LogP) is 3.56. The summed E-state index contributed by atoms with van der Waals surface area (Å²) in [5.74, 6) is -3.85. The van der Waals surface area contributed by atoms with Gasteiger partial charge in [-0.05, 0) is 36.4 Å². The van der Waals surface area contributed by atoms with Crippen molar-refractivity contribution in [3.63, 3.8) is 0 Å². The number of thiazole rings is 1. The molecule has 0 aliphatic rings. The summed E-state index contributed by atoms with van der Waals surface area (Å²) in [4.78, 5) is 17.8. The number of aromatic nitrogens is 1. The first kappa shape index (κ1) is 18.4. The highest BCUT2D eigenvalue weighted by Gasteiger charge is 2.26. The Bertz CT molecular complexity index is 1010. The minimum Gasteiger partial charge on any atom is -0.335 e. The molecule has 0 saturated heterocycles. The molecule has 3 aromatic rings. The molecule has 0 atom stereocenters. The number of rotatable bonds is 5. The third-order valence-electron chi connectivity index (χ3n) is 3.72. The molecule has 0 fully saturated rings. The van der Waals surface area contributed by atoms with Crippen molar-refractivity contribution >= 4 is 37.3 Å². The predicted molar refractivity (Wildman–Crippen MR) is 95.0 cm³/mol. The molecule has 0 bridgehead atoms. The van der Waals surface area contributed by atoms with Crippen molar-refractivity contribution in [2.45, 2.75) is 17.2 Å². The van der Waals surface area contributed by atoms with Gasteiger partial charge < -0.3 is 4.90 Å². The Labute approximate surface area is 152 Å². The topological polar surface area (TPSA) is 67.3 Å². The smallest absolute Gasteiger partial charge is 0.335 e. The number of hydrogen-bond donors (Lipinski definition) is 0. The number of halogens is 2. The zero-order valence-corrected chi connectivity index (χ0v) is 15.2. The molecule has 0 N–H and O–H groups in total. The van der Waals surface area contributed by atoms with Gasteiger partial charge in [-0.3, -0.25) is 4.79 Å². The van der Waals surface area contributed by atoms with Gasteiger partial charge in [0.15, 0.2) is 0 Å². The summed E-state index contributed by atoms with van der Waals surface area (Å²) >= 11 is 1.48. The van der Waals surface area contributed by atoms with Gasteiger partial charge in [-0.15, -0.1) is 11.3 Å². The molecular formula is C17H14F2N2O3S2. The maximum atomic E-state index is 12.5. The van der Waals surface area contributed by atoms with Crippen molar-refractivity contribution in [1.82, 2.24) is 9.88 Å². The van der Waals surface area contributed by atoms with Gasteiger partial charge in [-0.2, -0.15) is 8.78 Å². The van der Waals surface area contributed by atoms with Crippen LogP contribution in [0.3, 0.4) is 0 Å². The van der Waals surface area contributed by atoms with Gasteiger partial charge in [-0.25, -0.2) is 13.4 Å². The van der Waals surface area contributed by atoms with Crippen molar-refractivity contribution < 1.29 is 22.0 Å². The maximum Gasteiger partial charge on any atom is 0.341 e. The summed E-state index contributed by atoms with van der Waals surface area (Å²) < 4.78 is 49.0. The Morgan fingerprint density at radius 2 is 1.81 bits per heavy atom. The third kappa shape index (κ3) is 3.58. The van der Waals surface area contributed by atoms with Crippen LogP contribution in [0, 0.1) is 0 Å². The second-order valence-corrected chi connectivity index (χ2v) is 8.60. The van der Waals surface area contributed by atoms with E-state index in [9.17, 15) is 22.0 Å². The summed E-state index contributed by atoms with van der Waals surface area (Å²) in [5.41, 5.74) is 1.07. The van der Waals surface area contributed by atoms with Crippen LogP contribution in [0.25, 0.3) is 10.2 Å². The number of fused-ring (bicyclic) bond motifs is 1. The second kappa shape index (κ2) is 7.08. The van der Waals surface area contributed by atoms with Crippen LogP contribution >= 0.6 is 11.3 Å². The molecule has 0 saturated carbocycles. The molecule has 26 heavy (non-hydrogen) atoms. The number of nitrogens with zero attached hydrogens (tertiary/aromatic N) is 2. The number of para-hydroxylation sites is 1. The largest absolute Gasteiger partial charge is 0.341 e. The Balaban J connectivity index is 1.76. The van der Waals surface area contributed by atoms with E-state index in [1.165, 1.54) is 28.4 Å². The minimum atomic E-state index is -4.67. The van der Waals surface area contributed by atoms with Crippen LogP contribution in [-0.4, -0.2) is 37.0 Å². The van der Waals surface area contributed by atoms with Crippen molar-refractivity contribution in [3.05, 3.63) is 59.1 Å². The fourth-order valence-corrected chi connectivity index (χ4v) is 4.11. The highest BCUT2D eigenvalue weighted by Crippen LogP contribution is 2.23. The van der Waals surface area contributed by atoms with Gasteiger partial charge in [0.1, 0.15) is 5.01 Å². The van der Waals surface area contributed by atoms with Crippen molar-refractivity contribution in [2.24, 2.45) is 0 Å². The number of benzene rings is 2. The van der Waals surface area contributed by atoms with Crippen molar-refractivity contribution in [1.29, 1.82) is 0 Å². The molecule has 1 aromatic heterocycles. The lowest BCUT2D eigenvalue weighted by Crippen LogP contribution is -2.26. The number of carbonyl (C=O) groups excluding carboxylic acids is 1. The average Bonchev–Trinajstić information content (AvgIpc) is 3.03. The molecule has 1 amide bonds. The molecule has 9 heteroatoms. The Morgan fingerprint density at radius 3 is 2.42 bits per heavy atom. The lowest BCUT2D eigenvalue weighted by Gasteiger charge is -2.15. The Morgan fingerprint density at radius 1 is 1.15 bits per heavy atom. The first-order chi connectivity index (χ1) is 12.3. The maximum absolute atomic E-state index is 12.5. The molecule has 0 aliphatic heterocycles. The highest BCUT2D eigenvalue weighted by atomic mass is 32.2. The van der Waals surface area contributed by atoms with E-state index < -0.39 is 20.5 Å².